The van der Waals surface area contributed by atoms with Crippen LogP contribution in [0.5, 0.6) is 0 Å². The summed E-state index contributed by atoms with van der Waals surface area (Å²) in [5, 5.41) is 21.3. The van der Waals surface area contributed by atoms with Crippen molar-refractivity contribution >= 4 is 29.9 Å². The molecule has 1 atom stereocenters. The fraction of sp³-hybridized carbons (Fsp3) is 0.778. The number of ether oxygens (including phenoxy) is 1. The minimum Gasteiger partial charge on any atom is -0.383 e. The Morgan fingerprint density at radius 2 is 2.07 bits per heavy atom. The fourth-order valence-electron chi connectivity index (χ4n) is 2.86. The van der Waals surface area contributed by atoms with Crippen molar-refractivity contribution in [2.24, 2.45) is 12.0 Å². The van der Waals surface area contributed by atoms with Crippen molar-refractivity contribution in [3.8, 4) is 0 Å². The zero-order valence-corrected chi connectivity index (χ0v) is 19.1. The van der Waals surface area contributed by atoms with Gasteiger partial charge in [-0.2, -0.15) is 5.10 Å². The first-order valence-corrected chi connectivity index (χ1v) is 9.55. The molecule has 1 saturated heterocycles. The van der Waals surface area contributed by atoms with Crippen LogP contribution in [0.4, 0.5) is 0 Å². The number of aliphatic hydroxyl groups is 1. The molecule has 9 heteroatoms. The van der Waals surface area contributed by atoms with E-state index in [0.29, 0.717) is 0 Å². The topological polar surface area (TPSA) is 86.9 Å². The number of halogens is 1. The Morgan fingerprint density at radius 3 is 2.70 bits per heavy atom. The van der Waals surface area contributed by atoms with E-state index in [1.165, 1.54) is 0 Å². The second-order valence-electron chi connectivity index (χ2n) is 6.96. The lowest BCUT2D eigenvalue weighted by atomic mass is 10.0. The van der Waals surface area contributed by atoms with Crippen molar-refractivity contribution in [2.45, 2.75) is 32.3 Å². The molecule has 0 spiro atoms. The zero-order chi connectivity index (χ0) is 18.8. The number of aliphatic imine (C=N–C) groups is 1. The van der Waals surface area contributed by atoms with Crippen molar-refractivity contribution in [1.82, 2.24) is 25.3 Å². The Labute approximate surface area is 179 Å². The molecule has 8 nitrogen and oxygen atoms in total. The van der Waals surface area contributed by atoms with Gasteiger partial charge >= 0.3 is 0 Å². The minimum absolute atomic E-state index is 0. The first-order chi connectivity index (χ1) is 12.5. The van der Waals surface area contributed by atoms with Crippen LogP contribution in [-0.4, -0.2) is 78.2 Å². The highest BCUT2D eigenvalue weighted by Gasteiger charge is 2.24. The molecular weight excluding hydrogens is 459 g/mol. The van der Waals surface area contributed by atoms with Gasteiger partial charge < -0.3 is 20.5 Å². The van der Waals surface area contributed by atoms with Crippen molar-refractivity contribution in [2.75, 3.05) is 52.5 Å². The van der Waals surface area contributed by atoms with Crippen LogP contribution in [0.25, 0.3) is 0 Å². The molecule has 1 aromatic heterocycles. The van der Waals surface area contributed by atoms with Crippen LogP contribution in [0, 0.1) is 0 Å². The normalized spacial score (nSPS) is 17.9. The number of aryl methyl sites for hydroxylation is 1. The van der Waals surface area contributed by atoms with Gasteiger partial charge in [0.1, 0.15) is 5.60 Å². The van der Waals surface area contributed by atoms with Gasteiger partial charge in [-0.25, -0.2) is 4.99 Å². The maximum atomic E-state index is 10.6. The van der Waals surface area contributed by atoms with Gasteiger partial charge in [0.25, 0.3) is 0 Å². The fourth-order valence-corrected chi connectivity index (χ4v) is 2.86. The number of nitrogens with one attached hydrogen (secondary N) is 2. The van der Waals surface area contributed by atoms with E-state index < -0.39 is 5.60 Å². The minimum atomic E-state index is -1.03. The first kappa shape index (κ1) is 24.1. The zero-order valence-electron chi connectivity index (χ0n) is 16.8. The Bertz CT molecular complexity index is 558. The predicted molar refractivity (Wildman–Crippen MR) is 119 cm³/mol. The molecule has 27 heavy (non-hydrogen) atoms. The summed E-state index contributed by atoms with van der Waals surface area (Å²) < 4.78 is 7.06. The number of aromatic nitrogens is 2. The van der Waals surface area contributed by atoms with Crippen molar-refractivity contribution in [3.05, 3.63) is 18.0 Å². The van der Waals surface area contributed by atoms with Gasteiger partial charge in [0.2, 0.25) is 0 Å². The van der Waals surface area contributed by atoms with E-state index in [4.69, 9.17) is 4.74 Å². The largest absolute Gasteiger partial charge is 0.383 e. The maximum Gasteiger partial charge on any atom is 0.191 e. The van der Waals surface area contributed by atoms with Crippen LogP contribution in [-0.2, 0) is 17.4 Å². The Kier molecular flexibility index (Phi) is 11.2. The SMILES string of the molecule is CCNC(=NCC(C)(O)c1cnn(C)c1)NCCCCN1CCOCC1.I. The molecule has 2 heterocycles. The van der Waals surface area contributed by atoms with Crippen LogP contribution in [0.3, 0.4) is 0 Å². The highest BCUT2D eigenvalue weighted by atomic mass is 127. The van der Waals surface area contributed by atoms with Gasteiger partial charge in [0.05, 0.1) is 26.0 Å². The molecule has 156 valence electrons. The standard InChI is InChI=1S/C18H34N6O2.HI/c1-4-19-17(20-7-5-6-8-24-9-11-26-12-10-24)21-15-18(2,25)16-13-22-23(3)14-16;/h13-14,25H,4-12,15H2,1-3H3,(H2,19,20,21);1H. The smallest absolute Gasteiger partial charge is 0.191 e. The Balaban J connectivity index is 0.00000364. The number of unbranched alkanes of at least 4 members (excludes halogenated alkanes) is 1. The summed E-state index contributed by atoms with van der Waals surface area (Å²) in [6, 6.07) is 0. The molecule has 0 bridgehead atoms. The van der Waals surface area contributed by atoms with Crippen LogP contribution in [0.1, 0.15) is 32.3 Å². The van der Waals surface area contributed by atoms with Crippen LogP contribution in [0.2, 0.25) is 0 Å². The number of hydrogen-bond acceptors (Lipinski definition) is 5. The van der Waals surface area contributed by atoms with E-state index in [9.17, 15) is 5.11 Å². The molecule has 2 rings (SSSR count). The average molecular weight is 494 g/mol. The third-order valence-corrected chi connectivity index (χ3v) is 4.51. The summed E-state index contributed by atoms with van der Waals surface area (Å²) in [6.07, 6.45) is 5.74. The summed E-state index contributed by atoms with van der Waals surface area (Å²) in [5.41, 5.74) is -0.266. The van der Waals surface area contributed by atoms with Gasteiger partial charge in [-0.3, -0.25) is 9.58 Å². The lowest BCUT2D eigenvalue weighted by Crippen LogP contribution is -2.40. The first-order valence-electron chi connectivity index (χ1n) is 9.55. The van der Waals surface area contributed by atoms with E-state index >= 15 is 0 Å². The second kappa shape index (κ2) is 12.5. The molecule has 1 aliphatic heterocycles. The highest BCUT2D eigenvalue weighted by molar-refractivity contribution is 14.0. The molecule has 0 amide bonds. The summed E-state index contributed by atoms with van der Waals surface area (Å²) >= 11 is 0. The molecule has 0 radical (unpaired) electrons. The van der Waals surface area contributed by atoms with Crippen LogP contribution >= 0.6 is 24.0 Å². The molecule has 3 N–H and O–H groups in total. The van der Waals surface area contributed by atoms with Crippen molar-refractivity contribution in [3.63, 3.8) is 0 Å². The van der Waals surface area contributed by atoms with E-state index in [1.807, 2.05) is 20.2 Å². The average Bonchev–Trinajstić information content (AvgIpc) is 3.07. The second-order valence-corrected chi connectivity index (χ2v) is 6.96. The number of nitrogens with zero attached hydrogens (tertiary/aromatic N) is 4. The number of hydrogen-bond donors (Lipinski definition) is 3. The maximum absolute atomic E-state index is 10.6. The predicted octanol–water partition coefficient (Wildman–Crippen LogP) is 0.913. The lowest BCUT2D eigenvalue weighted by molar-refractivity contribution is 0.0372. The van der Waals surface area contributed by atoms with Gasteiger partial charge in [0.15, 0.2) is 5.96 Å². The third kappa shape index (κ3) is 8.75. The highest BCUT2D eigenvalue weighted by Crippen LogP contribution is 2.19. The van der Waals surface area contributed by atoms with Gasteiger partial charge in [-0.05, 0) is 33.2 Å². The van der Waals surface area contributed by atoms with Gasteiger partial charge in [-0.1, -0.05) is 0 Å². The molecule has 0 saturated carbocycles. The monoisotopic (exact) mass is 494 g/mol. The van der Waals surface area contributed by atoms with E-state index in [0.717, 1.165) is 70.3 Å². The van der Waals surface area contributed by atoms with Gasteiger partial charge in [-0.15, -0.1) is 24.0 Å². The summed E-state index contributed by atoms with van der Waals surface area (Å²) in [4.78, 5) is 6.99. The number of rotatable bonds is 9. The molecule has 0 aliphatic carbocycles. The van der Waals surface area contributed by atoms with Crippen molar-refractivity contribution < 1.29 is 9.84 Å². The molecule has 1 aliphatic rings. The number of morpholine rings is 1. The molecular formula is C18H35IN6O2. The molecule has 0 aromatic carbocycles. The van der Waals surface area contributed by atoms with E-state index in [-0.39, 0.29) is 30.5 Å². The third-order valence-electron chi connectivity index (χ3n) is 4.51. The van der Waals surface area contributed by atoms with E-state index in [1.54, 1.807) is 17.8 Å². The van der Waals surface area contributed by atoms with E-state index in [2.05, 4.69) is 25.6 Å². The quantitative estimate of drug-likeness (QED) is 0.205. The molecule has 1 aromatic rings. The lowest BCUT2D eigenvalue weighted by Gasteiger charge is -2.26. The summed E-state index contributed by atoms with van der Waals surface area (Å²) in [7, 11) is 1.84. The molecule has 1 fully saturated rings. The van der Waals surface area contributed by atoms with Gasteiger partial charge in [0, 0.05) is 45.0 Å². The number of guanidine groups is 1. The van der Waals surface area contributed by atoms with Crippen LogP contribution < -0.4 is 10.6 Å². The Morgan fingerprint density at radius 1 is 1.33 bits per heavy atom. The summed E-state index contributed by atoms with van der Waals surface area (Å²) in [5.74, 6) is 0.739. The van der Waals surface area contributed by atoms with Crippen LogP contribution in [0.15, 0.2) is 17.4 Å². The Hall–Kier alpha value is -0.910. The van der Waals surface area contributed by atoms with Crippen molar-refractivity contribution in [1.29, 1.82) is 0 Å². The molecule has 1 unspecified atom stereocenters. The summed E-state index contributed by atoms with van der Waals surface area (Å²) in [6.45, 7) is 10.6.